The first-order chi connectivity index (χ1) is 12.5. The third kappa shape index (κ3) is 4.49. The number of benzene rings is 2. The van der Waals surface area contributed by atoms with Crippen LogP contribution in [0.5, 0.6) is 5.75 Å². The quantitative estimate of drug-likeness (QED) is 0.642. The molecule has 5 nitrogen and oxygen atoms in total. The van der Waals surface area contributed by atoms with Crippen LogP contribution in [0.2, 0.25) is 0 Å². The second kappa shape index (κ2) is 8.14. The van der Waals surface area contributed by atoms with Gasteiger partial charge in [-0.3, -0.25) is 9.48 Å². The van der Waals surface area contributed by atoms with E-state index in [1.165, 1.54) is 12.1 Å². The van der Waals surface area contributed by atoms with E-state index in [2.05, 4.69) is 26.3 Å². The maximum Gasteiger partial charge on any atom is 0.256 e. The van der Waals surface area contributed by atoms with Gasteiger partial charge in [-0.1, -0.05) is 12.1 Å². The lowest BCUT2D eigenvalue weighted by atomic mass is 10.2. The molecule has 0 radical (unpaired) electrons. The van der Waals surface area contributed by atoms with Gasteiger partial charge in [-0.25, -0.2) is 4.39 Å². The van der Waals surface area contributed by atoms with Gasteiger partial charge in [0.25, 0.3) is 5.91 Å². The summed E-state index contributed by atoms with van der Waals surface area (Å²) >= 11 is 3.40. The molecule has 1 heterocycles. The summed E-state index contributed by atoms with van der Waals surface area (Å²) < 4.78 is 20.7. The Hall–Kier alpha value is -2.67. The fraction of sp³-hybridized carbons (Fsp3) is 0.158. The van der Waals surface area contributed by atoms with E-state index in [0.717, 1.165) is 5.56 Å². The molecule has 0 aliphatic carbocycles. The van der Waals surface area contributed by atoms with Crippen molar-refractivity contribution in [2.24, 2.45) is 0 Å². The van der Waals surface area contributed by atoms with Crippen LogP contribution in [0.4, 0.5) is 10.2 Å². The molecule has 134 valence electrons. The summed E-state index contributed by atoms with van der Waals surface area (Å²) in [5.41, 5.74) is 1.42. The number of rotatable bonds is 6. The SMILES string of the molecule is CCOc1ccc(C(=O)Nc2nn(Cc3ccc(F)cc3)cc2Br)cc1. The van der Waals surface area contributed by atoms with E-state index in [9.17, 15) is 9.18 Å². The number of hydrogen-bond donors (Lipinski definition) is 1. The summed E-state index contributed by atoms with van der Waals surface area (Å²) in [5, 5.41) is 7.13. The molecule has 26 heavy (non-hydrogen) atoms. The van der Waals surface area contributed by atoms with E-state index >= 15 is 0 Å². The minimum absolute atomic E-state index is 0.263. The maximum atomic E-state index is 13.0. The van der Waals surface area contributed by atoms with Crippen molar-refractivity contribution < 1.29 is 13.9 Å². The van der Waals surface area contributed by atoms with Crippen LogP contribution in [0.15, 0.2) is 59.2 Å². The molecule has 0 spiro atoms. The van der Waals surface area contributed by atoms with Crippen molar-refractivity contribution in [3.8, 4) is 5.75 Å². The Bertz CT molecular complexity index is 892. The Kier molecular flexibility index (Phi) is 5.68. The molecule has 3 rings (SSSR count). The summed E-state index contributed by atoms with van der Waals surface area (Å²) in [4.78, 5) is 12.4. The average Bonchev–Trinajstić information content (AvgIpc) is 2.97. The topological polar surface area (TPSA) is 56.1 Å². The zero-order chi connectivity index (χ0) is 18.5. The molecule has 0 aliphatic rings. The largest absolute Gasteiger partial charge is 0.494 e. The van der Waals surface area contributed by atoms with Crippen LogP contribution in [0.1, 0.15) is 22.8 Å². The van der Waals surface area contributed by atoms with Crippen molar-refractivity contribution in [3.05, 3.63) is 76.1 Å². The molecule has 1 aromatic heterocycles. The van der Waals surface area contributed by atoms with Crippen molar-refractivity contribution >= 4 is 27.7 Å². The lowest BCUT2D eigenvalue weighted by Crippen LogP contribution is -2.13. The minimum atomic E-state index is -0.279. The van der Waals surface area contributed by atoms with Crippen LogP contribution in [-0.4, -0.2) is 22.3 Å². The Balaban J connectivity index is 1.68. The maximum absolute atomic E-state index is 13.0. The second-order valence-corrected chi connectivity index (χ2v) is 6.42. The van der Waals surface area contributed by atoms with E-state index in [-0.39, 0.29) is 11.7 Å². The van der Waals surface area contributed by atoms with E-state index in [1.54, 1.807) is 47.3 Å². The molecule has 0 aliphatic heterocycles. The van der Waals surface area contributed by atoms with Crippen molar-refractivity contribution in [1.82, 2.24) is 9.78 Å². The first-order valence-corrected chi connectivity index (χ1v) is 8.86. The first kappa shape index (κ1) is 18.1. The first-order valence-electron chi connectivity index (χ1n) is 8.06. The average molecular weight is 418 g/mol. The van der Waals surface area contributed by atoms with Crippen molar-refractivity contribution in [3.63, 3.8) is 0 Å². The molecule has 0 unspecified atom stereocenters. The van der Waals surface area contributed by atoms with E-state index in [4.69, 9.17) is 4.74 Å². The highest BCUT2D eigenvalue weighted by molar-refractivity contribution is 9.10. The Morgan fingerprint density at radius 2 is 1.88 bits per heavy atom. The third-order valence-electron chi connectivity index (χ3n) is 3.63. The number of nitrogens with one attached hydrogen (secondary N) is 1. The molecule has 3 aromatic rings. The summed E-state index contributed by atoms with van der Waals surface area (Å²) in [7, 11) is 0. The number of hydrogen-bond acceptors (Lipinski definition) is 3. The van der Waals surface area contributed by atoms with Gasteiger partial charge in [-0.15, -0.1) is 0 Å². The van der Waals surface area contributed by atoms with Gasteiger partial charge < -0.3 is 10.1 Å². The smallest absolute Gasteiger partial charge is 0.256 e. The molecule has 1 N–H and O–H groups in total. The van der Waals surface area contributed by atoms with Gasteiger partial charge in [0.2, 0.25) is 0 Å². The molecule has 2 aromatic carbocycles. The van der Waals surface area contributed by atoms with E-state index < -0.39 is 0 Å². The van der Waals surface area contributed by atoms with Crippen LogP contribution in [0, 0.1) is 5.82 Å². The fourth-order valence-electron chi connectivity index (χ4n) is 2.39. The second-order valence-electron chi connectivity index (χ2n) is 5.56. The number of anilines is 1. The Morgan fingerprint density at radius 3 is 2.54 bits per heavy atom. The standard InChI is InChI=1S/C19H17BrFN3O2/c1-2-26-16-9-5-14(6-10-16)19(25)22-18-17(20)12-24(23-18)11-13-3-7-15(21)8-4-13/h3-10,12H,2,11H2,1H3,(H,22,23,25). The Labute approximate surface area is 158 Å². The van der Waals surface area contributed by atoms with Crippen LogP contribution in [-0.2, 0) is 6.54 Å². The number of ether oxygens (including phenoxy) is 1. The summed E-state index contributed by atoms with van der Waals surface area (Å²) in [5.74, 6) is 0.597. The van der Waals surface area contributed by atoms with Crippen LogP contribution >= 0.6 is 15.9 Å². The summed E-state index contributed by atoms with van der Waals surface area (Å²) in [6, 6.07) is 13.1. The van der Waals surface area contributed by atoms with Crippen molar-refractivity contribution in [1.29, 1.82) is 0 Å². The van der Waals surface area contributed by atoms with Gasteiger partial charge >= 0.3 is 0 Å². The molecule has 0 atom stereocenters. The summed E-state index contributed by atoms with van der Waals surface area (Å²) in [6.07, 6.45) is 1.76. The predicted molar refractivity (Wildman–Crippen MR) is 101 cm³/mol. The van der Waals surface area contributed by atoms with Gasteiger partial charge in [0.15, 0.2) is 5.82 Å². The van der Waals surface area contributed by atoms with E-state index in [1.807, 2.05) is 6.92 Å². The number of carbonyl (C=O) groups is 1. The number of nitrogens with zero attached hydrogens (tertiary/aromatic N) is 2. The molecular weight excluding hydrogens is 401 g/mol. The third-order valence-corrected chi connectivity index (χ3v) is 4.21. The fourth-order valence-corrected chi connectivity index (χ4v) is 2.80. The van der Waals surface area contributed by atoms with Crippen molar-refractivity contribution in [2.75, 3.05) is 11.9 Å². The molecule has 0 bridgehead atoms. The zero-order valence-corrected chi connectivity index (χ0v) is 15.7. The van der Waals surface area contributed by atoms with E-state index in [0.29, 0.717) is 34.8 Å². The lowest BCUT2D eigenvalue weighted by molar-refractivity contribution is 0.102. The van der Waals surface area contributed by atoms with Gasteiger partial charge in [-0.2, -0.15) is 5.10 Å². The van der Waals surface area contributed by atoms with Gasteiger partial charge in [0.05, 0.1) is 17.6 Å². The highest BCUT2D eigenvalue weighted by Gasteiger charge is 2.12. The molecule has 1 amide bonds. The highest BCUT2D eigenvalue weighted by atomic mass is 79.9. The van der Waals surface area contributed by atoms with Gasteiger partial charge in [0.1, 0.15) is 11.6 Å². The summed E-state index contributed by atoms with van der Waals surface area (Å²) in [6.45, 7) is 2.95. The Morgan fingerprint density at radius 1 is 1.19 bits per heavy atom. The van der Waals surface area contributed by atoms with Crippen LogP contribution in [0.3, 0.4) is 0 Å². The number of carbonyl (C=O) groups excluding carboxylic acids is 1. The normalized spacial score (nSPS) is 10.6. The highest BCUT2D eigenvalue weighted by Crippen LogP contribution is 2.22. The zero-order valence-electron chi connectivity index (χ0n) is 14.1. The molecule has 0 saturated carbocycles. The molecule has 0 fully saturated rings. The monoisotopic (exact) mass is 417 g/mol. The molecule has 7 heteroatoms. The number of aromatic nitrogens is 2. The minimum Gasteiger partial charge on any atom is -0.494 e. The predicted octanol–water partition coefficient (Wildman–Crippen LogP) is 4.48. The van der Waals surface area contributed by atoms with Gasteiger partial charge in [-0.05, 0) is 64.8 Å². The van der Waals surface area contributed by atoms with Gasteiger partial charge in [0, 0.05) is 11.8 Å². The van der Waals surface area contributed by atoms with Crippen LogP contribution < -0.4 is 10.1 Å². The molecule has 0 saturated heterocycles. The lowest BCUT2D eigenvalue weighted by Gasteiger charge is -2.05. The van der Waals surface area contributed by atoms with Crippen LogP contribution in [0.25, 0.3) is 0 Å². The number of amides is 1. The molecular formula is C19H17BrFN3O2. The number of halogens is 2. The van der Waals surface area contributed by atoms with Crippen molar-refractivity contribution in [2.45, 2.75) is 13.5 Å².